The van der Waals surface area contributed by atoms with Gasteiger partial charge in [-0.15, -0.1) is 0 Å². The quantitative estimate of drug-likeness (QED) is 0.373. The summed E-state index contributed by atoms with van der Waals surface area (Å²) in [6.45, 7) is 0.545. The van der Waals surface area contributed by atoms with Gasteiger partial charge in [-0.1, -0.05) is 48.0 Å². The van der Waals surface area contributed by atoms with E-state index in [1.54, 1.807) is 18.2 Å². The second-order valence-electron chi connectivity index (χ2n) is 6.05. The molecule has 5 heteroatoms. The Kier molecular flexibility index (Phi) is 6.82. The lowest BCUT2D eigenvalue weighted by Crippen LogP contribution is -2.00. The van der Waals surface area contributed by atoms with Crippen LogP contribution >= 0.6 is 11.6 Å². The van der Waals surface area contributed by atoms with Crippen molar-refractivity contribution in [3.8, 4) is 5.75 Å². The summed E-state index contributed by atoms with van der Waals surface area (Å²) in [5, 5.41) is 0.691. The van der Waals surface area contributed by atoms with E-state index in [2.05, 4.69) is 0 Å². The molecule has 3 aromatic rings. The number of hydrogen-bond donors (Lipinski definition) is 0. The Morgan fingerprint density at radius 3 is 2.14 bits per heavy atom. The highest BCUT2D eigenvalue weighted by Crippen LogP contribution is 2.16. The lowest BCUT2D eigenvalue weighted by Gasteiger charge is -2.06. The monoisotopic (exact) mass is 396 g/mol. The topological polar surface area (TPSA) is 35.5 Å². The summed E-state index contributed by atoms with van der Waals surface area (Å²) in [5.41, 5.74) is 2.60. The zero-order valence-electron chi connectivity index (χ0n) is 15.0. The van der Waals surface area contributed by atoms with E-state index < -0.39 is 5.97 Å². The molecule has 28 heavy (non-hydrogen) atoms. The Labute approximate surface area is 168 Å². The molecule has 3 aromatic carbocycles. The third-order valence-corrected chi connectivity index (χ3v) is 4.16. The predicted molar refractivity (Wildman–Crippen MR) is 107 cm³/mol. The predicted octanol–water partition coefficient (Wildman–Crippen LogP) is 5.81. The van der Waals surface area contributed by atoms with Crippen LogP contribution in [0, 0.1) is 5.82 Å². The molecule has 0 aromatic heterocycles. The van der Waals surface area contributed by atoms with Crippen LogP contribution < -0.4 is 4.74 Å². The summed E-state index contributed by atoms with van der Waals surface area (Å²) in [5.74, 6) is -0.0612. The fourth-order valence-corrected chi connectivity index (χ4v) is 2.50. The van der Waals surface area contributed by atoms with Gasteiger partial charge in [0.05, 0.1) is 0 Å². The lowest BCUT2D eigenvalue weighted by molar-refractivity contribution is -0.138. The van der Waals surface area contributed by atoms with E-state index in [1.165, 1.54) is 18.2 Å². The van der Waals surface area contributed by atoms with Crippen molar-refractivity contribution in [2.24, 2.45) is 0 Å². The molecule has 0 fully saturated rings. The van der Waals surface area contributed by atoms with Crippen molar-refractivity contribution in [3.63, 3.8) is 0 Å². The fraction of sp³-hybridized carbons (Fsp3) is 0.0870. The molecule has 0 aliphatic rings. The van der Waals surface area contributed by atoms with Crippen molar-refractivity contribution in [1.82, 2.24) is 0 Å². The van der Waals surface area contributed by atoms with Gasteiger partial charge in [0, 0.05) is 11.1 Å². The Morgan fingerprint density at radius 1 is 0.857 bits per heavy atom. The van der Waals surface area contributed by atoms with Crippen molar-refractivity contribution in [3.05, 3.63) is 106 Å². The Hall–Kier alpha value is -3.11. The van der Waals surface area contributed by atoms with Crippen LogP contribution in [0.25, 0.3) is 6.08 Å². The molecule has 0 aliphatic carbocycles. The molecule has 0 radical (unpaired) electrons. The van der Waals surface area contributed by atoms with Crippen LogP contribution in [0.3, 0.4) is 0 Å². The van der Waals surface area contributed by atoms with E-state index in [-0.39, 0.29) is 12.4 Å². The zero-order valence-corrected chi connectivity index (χ0v) is 15.7. The van der Waals surface area contributed by atoms with Gasteiger partial charge in [-0.2, -0.15) is 0 Å². The first-order valence-electron chi connectivity index (χ1n) is 8.65. The van der Waals surface area contributed by atoms with Crippen LogP contribution in [0.2, 0.25) is 5.02 Å². The summed E-state index contributed by atoms with van der Waals surface area (Å²) < 4.78 is 23.7. The molecule has 3 nitrogen and oxygen atoms in total. The molecular weight excluding hydrogens is 379 g/mol. The number of rotatable bonds is 7. The number of ether oxygens (including phenoxy) is 2. The van der Waals surface area contributed by atoms with Crippen LogP contribution in [0.5, 0.6) is 5.75 Å². The molecule has 0 spiro atoms. The number of carbonyl (C=O) groups is 1. The first-order chi connectivity index (χ1) is 13.6. The van der Waals surface area contributed by atoms with Crippen molar-refractivity contribution >= 4 is 23.6 Å². The average Bonchev–Trinajstić information content (AvgIpc) is 2.72. The van der Waals surface area contributed by atoms with Gasteiger partial charge in [-0.3, -0.25) is 0 Å². The van der Waals surface area contributed by atoms with E-state index in [4.69, 9.17) is 21.1 Å². The normalized spacial score (nSPS) is 10.8. The van der Waals surface area contributed by atoms with Gasteiger partial charge in [0.1, 0.15) is 24.8 Å². The first-order valence-corrected chi connectivity index (χ1v) is 9.03. The van der Waals surface area contributed by atoms with Gasteiger partial charge < -0.3 is 9.47 Å². The largest absolute Gasteiger partial charge is 0.489 e. The molecule has 0 saturated heterocycles. The molecule has 0 aliphatic heterocycles. The smallest absolute Gasteiger partial charge is 0.331 e. The van der Waals surface area contributed by atoms with Crippen LogP contribution in [0.15, 0.2) is 78.9 Å². The highest BCUT2D eigenvalue weighted by atomic mass is 35.5. The zero-order chi connectivity index (χ0) is 19.8. The van der Waals surface area contributed by atoms with Crippen LogP contribution in [-0.4, -0.2) is 5.97 Å². The molecule has 0 N–H and O–H groups in total. The Morgan fingerprint density at radius 2 is 1.46 bits per heavy atom. The number of benzene rings is 3. The summed E-state index contributed by atoms with van der Waals surface area (Å²) in [6.07, 6.45) is 3.02. The van der Waals surface area contributed by atoms with E-state index in [1.807, 2.05) is 48.5 Å². The molecule has 0 atom stereocenters. The van der Waals surface area contributed by atoms with Gasteiger partial charge >= 0.3 is 5.97 Å². The molecule has 142 valence electrons. The van der Waals surface area contributed by atoms with Crippen LogP contribution in [0.1, 0.15) is 16.7 Å². The molecule has 0 bridgehead atoms. The number of hydrogen-bond acceptors (Lipinski definition) is 3. The standard InChI is InChI=1S/C23H18ClFO3/c24-20-8-1-18(2-9-20)15-27-22-12-5-17(6-13-22)7-14-23(26)28-16-19-3-10-21(25)11-4-19/h1-14H,15-16H2/b14-7+. The maximum Gasteiger partial charge on any atom is 0.331 e. The van der Waals surface area contributed by atoms with Crippen molar-refractivity contribution in [1.29, 1.82) is 0 Å². The second kappa shape index (κ2) is 9.72. The van der Waals surface area contributed by atoms with Gasteiger partial charge in [-0.25, -0.2) is 9.18 Å². The first kappa shape index (κ1) is 19.6. The third-order valence-electron chi connectivity index (χ3n) is 3.91. The molecule has 3 rings (SSSR count). The molecule has 0 saturated carbocycles. The minimum atomic E-state index is -0.465. The van der Waals surface area contributed by atoms with E-state index >= 15 is 0 Å². The SMILES string of the molecule is O=C(/C=C/c1ccc(OCc2ccc(Cl)cc2)cc1)OCc1ccc(F)cc1. The fourth-order valence-electron chi connectivity index (χ4n) is 2.37. The van der Waals surface area contributed by atoms with E-state index in [9.17, 15) is 9.18 Å². The average molecular weight is 397 g/mol. The second-order valence-corrected chi connectivity index (χ2v) is 6.49. The third kappa shape index (κ3) is 6.25. The Bertz CT molecular complexity index is 933. The van der Waals surface area contributed by atoms with Crippen molar-refractivity contribution in [2.45, 2.75) is 13.2 Å². The molecule has 0 unspecified atom stereocenters. The molecule has 0 heterocycles. The van der Waals surface area contributed by atoms with Gasteiger partial charge in [0.25, 0.3) is 0 Å². The molecular formula is C23H18ClFO3. The van der Waals surface area contributed by atoms with Gasteiger partial charge in [0.15, 0.2) is 0 Å². The highest BCUT2D eigenvalue weighted by molar-refractivity contribution is 6.30. The minimum absolute atomic E-state index is 0.0981. The van der Waals surface area contributed by atoms with Gasteiger partial charge in [-0.05, 0) is 59.2 Å². The number of carbonyl (C=O) groups excluding carboxylic acids is 1. The van der Waals surface area contributed by atoms with Gasteiger partial charge in [0.2, 0.25) is 0 Å². The summed E-state index contributed by atoms with van der Waals surface area (Å²) in [6, 6.07) is 20.6. The Balaban J connectivity index is 1.46. The van der Waals surface area contributed by atoms with Crippen molar-refractivity contribution < 1.29 is 18.7 Å². The van der Waals surface area contributed by atoms with Crippen LogP contribution in [-0.2, 0) is 22.7 Å². The lowest BCUT2D eigenvalue weighted by atomic mass is 10.2. The van der Waals surface area contributed by atoms with E-state index in [0.717, 1.165) is 22.4 Å². The highest BCUT2D eigenvalue weighted by Gasteiger charge is 2.00. The van der Waals surface area contributed by atoms with Crippen LogP contribution in [0.4, 0.5) is 4.39 Å². The number of halogens is 2. The maximum absolute atomic E-state index is 12.8. The summed E-state index contributed by atoms with van der Waals surface area (Å²) >= 11 is 5.86. The maximum atomic E-state index is 12.8. The van der Waals surface area contributed by atoms with E-state index in [0.29, 0.717) is 11.6 Å². The minimum Gasteiger partial charge on any atom is -0.489 e. The summed E-state index contributed by atoms with van der Waals surface area (Å²) in [7, 11) is 0. The molecule has 0 amide bonds. The van der Waals surface area contributed by atoms with Crippen molar-refractivity contribution in [2.75, 3.05) is 0 Å². The number of esters is 1. The summed E-state index contributed by atoms with van der Waals surface area (Å²) in [4.78, 5) is 11.8.